The molecule has 3 aromatic rings. The highest BCUT2D eigenvalue weighted by Crippen LogP contribution is 2.22. The quantitative estimate of drug-likeness (QED) is 0.728. The van der Waals surface area contributed by atoms with E-state index in [0.29, 0.717) is 23.8 Å². The molecule has 0 spiro atoms. The second-order valence-electron chi connectivity index (χ2n) is 4.34. The zero-order chi connectivity index (χ0) is 14.5. The molecule has 0 atom stereocenters. The highest BCUT2D eigenvalue weighted by atomic mass is 16.3. The molecule has 0 unspecified atom stereocenters. The Hall–Kier alpha value is -2.95. The van der Waals surface area contributed by atoms with E-state index < -0.39 is 0 Å². The Labute approximate surface area is 120 Å². The van der Waals surface area contributed by atoms with Crippen LogP contribution in [0.5, 0.6) is 0 Å². The molecule has 3 aromatic heterocycles. The first-order valence-electron chi connectivity index (χ1n) is 6.42. The van der Waals surface area contributed by atoms with E-state index in [2.05, 4.69) is 5.32 Å². The van der Waals surface area contributed by atoms with Crippen LogP contribution < -0.4 is 5.32 Å². The molecule has 3 rings (SSSR count). The zero-order valence-electron chi connectivity index (χ0n) is 11.1. The first-order chi connectivity index (χ1) is 10.3. The maximum absolute atomic E-state index is 11.7. The number of furan rings is 3. The van der Waals surface area contributed by atoms with Crippen LogP contribution in [0.1, 0.15) is 11.5 Å². The standard InChI is InChI=1S/C16H13NO4/c18-16(6-4-13-2-1-8-20-13)17-10-14-3-5-15(21-14)12-7-9-19-11-12/h1-9,11H,10H2,(H,17,18)/b6-4+. The minimum absolute atomic E-state index is 0.215. The smallest absolute Gasteiger partial charge is 0.244 e. The summed E-state index contributed by atoms with van der Waals surface area (Å²) >= 11 is 0. The molecule has 1 amide bonds. The number of carbonyl (C=O) groups excluding carboxylic acids is 1. The lowest BCUT2D eigenvalue weighted by Gasteiger charge is -1.98. The molecular formula is C16H13NO4. The Morgan fingerprint density at radius 2 is 2.14 bits per heavy atom. The summed E-state index contributed by atoms with van der Waals surface area (Å²) in [5.74, 6) is 1.79. The van der Waals surface area contributed by atoms with Crippen molar-refractivity contribution in [3.63, 3.8) is 0 Å². The van der Waals surface area contributed by atoms with Crippen LogP contribution in [0.25, 0.3) is 17.4 Å². The van der Waals surface area contributed by atoms with E-state index in [4.69, 9.17) is 13.3 Å². The summed E-state index contributed by atoms with van der Waals surface area (Å²) in [4.78, 5) is 11.7. The molecule has 0 radical (unpaired) electrons. The van der Waals surface area contributed by atoms with Crippen LogP contribution in [0.15, 0.2) is 68.4 Å². The Morgan fingerprint density at radius 1 is 1.19 bits per heavy atom. The van der Waals surface area contributed by atoms with Gasteiger partial charge in [-0.2, -0.15) is 0 Å². The highest BCUT2D eigenvalue weighted by Gasteiger charge is 2.06. The van der Waals surface area contributed by atoms with Crippen molar-refractivity contribution in [1.82, 2.24) is 5.32 Å². The highest BCUT2D eigenvalue weighted by molar-refractivity contribution is 5.91. The van der Waals surface area contributed by atoms with Crippen molar-refractivity contribution in [3.05, 3.63) is 66.7 Å². The van der Waals surface area contributed by atoms with Crippen LogP contribution in [-0.2, 0) is 11.3 Å². The number of rotatable bonds is 5. The van der Waals surface area contributed by atoms with Crippen LogP contribution in [0, 0.1) is 0 Å². The summed E-state index contributed by atoms with van der Waals surface area (Å²) in [6, 6.07) is 9.00. The fraction of sp³-hybridized carbons (Fsp3) is 0.0625. The molecule has 106 valence electrons. The number of carbonyl (C=O) groups is 1. The normalized spacial score (nSPS) is 11.0. The topological polar surface area (TPSA) is 68.5 Å². The molecule has 0 aromatic carbocycles. The second-order valence-corrected chi connectivity index (χ2v) is 4.34. The lowest BCUT2D eigenvalue weighted by atomic mass is 10.3. The predicted molar refractivity (Wildman–Crippen MR) is 76.0 cm³/mol. The Morgan fingerprint density at radius 3 is 2.90 bits per heavy atom. The number of nitrogens with one attached hydrogen (secondary N) is 1. The van der Waals surface area contributed by atoms with Crippen LogP contribution in [-0.4, -0.2) is 5.91 Å². The third kappa shape index (κ3) is 3.33. The summed E-state index contributed by atoms with van der Waals surface area (Å²) in [6.45, 7) is 0.319. The van der Waals surface area contributed by atoms with Crippen molar-refractivity contribution in [3.8, 4) is 11.3 Å². The number of hydrogen-bond donors (Lipinski definition) is 1. The van der Waals surface area contributed by atoms with Gasteiger partial charge in [0.2, 0.25) is 5.91 Å². The molecule has 5 heteroatoms. The van der Waals surface area contributed by atoms with Gasteiger partial charge in [-0.05, 0) is 36.4 Å². The van der Waals surface area contributed by atoms with E-state index in [1.165, 1.54) is 6.08 Å². The minimum atomic E-state index is -0.215. The Balaban J connectivity index is 1.54. The van der Waals surface area contributed by atoms with Gasteiger partial charge in [0.1, 0.15) is 23.5 Å². The molecule has 1 N–H and O–H groups in total. The lowest BCUT2D eigenvalue weighted by molar-refractivity contribution is -0.116. The molecule has 5 nitrogen and oxygen atoms in total. The monoisotopic (exact) mass is 283 g/mol. The third-order valence-corrected chi connectivity index (χ3v) is 2.85. The van der Waals surface area contributed by atoms with E-state index in [1.807, 2.05) is 18.2 Å². The molecule has 0 aliphatic rings. The fourth-order valence-electron chi connectivity index (χ4n) is 1.81. The van der Waals surface area contributed by atoms with Crippen LogP contribution in [0.3, 0.4) is 0 Å². The van der Waals surface area contributed by atoms with E-state index in [9.17, 15) is 4.79 Å². The van der Waals surface area contributed by atoms with Crippen LogP contribution in [0.4, 0.5) is 0 Å². The van der Waals surface area contributed by atoms with E-state index in [0.717, 1.165) is 5.56 Å². The molecule has 0 saturated heterocycles. The van der Waals surface area contributed by atoms with E-state index in [1.54, 1.807) is 37.0 Å². The molecule has 3 heterocycles. The van der Waals surface area contributed by atoms with E-state index in [-0.39, 0.29) is 5.91 Å². The van der Waals surface area contributed by atoms with Gasteiger partial charge in [-0.15, -0.1) is 0 Å². The third-order valence-electron chi connectivity index (χ3n) is 2.85. The van der Waals surface area contributed by atoms with Crippen molar-refractivity contribution >= 4 is 12.0 Å². The van der Waals surface area contributed by atoms with Gasteiger partial charge in [0.25, 0.3) is 0 Å². The van der Waals surface area contributed by atoms with Crippen molar-refractivity contribution in [2.45, 2.75) is 6.54 Å². The average Bonchev–Trinajstić information content (AvgIpc) is 3.24. The van der Waals surface area contributed by atoms with Crippen molar-refractivity contribution < 1.29 is 18.0 Å². The van der Waals surface area contributed by atoms with Gasteiger partial charge in [0, 0.05) is 6.08 Å². The summed E-state index contributed by atoms with van der Waals surface area (Å²) in [5, 5.41) is 2.74. The van der Waals surface area contributed by atoms with Gasteiger partial charge < -0.3 is 18.6 Å². The van der Waals surface area contributed by atoms with Gasteiger partial charge >= 0.3 is 0 Å². The van der Waals surface area contributed by atoms with Crippen LogP contribution >= 0.6 is 0 Å². The Bertz CT molecular complexity index is 720. The van der Waals surface area contributed by atoms with Crippen molar-refractivity contribution in [2.24, 2.45) is 0 Å². The fourth-order valence-corrected chi connectivity index (χ4v) is 1.81. The minimum Gasteiger partial charge on any atom is -0.472 e. The van der Waals surface area contributed by atoms with Gasteiger partial charge in [-0.3, -0.25) is 4.79 Å². The summed E-state index contributed by atoms with van der Waals surface area (Å²) in [5.41, 5.74) is 0.866. The number of hydrogen-bond acceptors (Lipinski definition) is 4. The van der Waals surface area contributed by atoms with Gasteiger partial charge in [-0.25, -0.2) is 0 Å². The van der Waals surface area contributed by atoms with Gasteiger partial charge in [0.15, 0.2) is 0 Å². The summed E-state index contributed by atoms with van der Waals surface area (Å²) < 4.78 is 15.7. The lowest BCUT2D eigenvalue weighted by Crippen LogP contribution is -2.19. The zero-order valence-corrected chi connectivity index (χ0v) is 11.1. The molecular weight excluding hydrogens is 270 g/mol. The molecule has 0 bridgehead atoms. The molecule has 0 aliphatic carbocycles. The first kappa shape index (κ1) is 13.1. The van der Waals surface area contributed by atoms with Crippen LogP contribution in [0.2, 0.25) is 0 Å². The van der Waals surface area contributed by atoms with Gasteiger partial charge in [-0.1, -0.05) is 0 Å². The predicted octanol–water partition coefficient (Wildman–Crippen LogP) is 3.46. The van der Waals surface area contributed by atoms with Crippen molar-refractivity contribution in [2.75, 3.05) is 0 Å². The average molecular weight is 283 g/mol. The maximum atomic E-state index is 11.7. The number of amides is 1. The molecule has 0 fully saturated rings. The summed E-state index contributed by atoms with van der Waals surface area (Å²) in [6.07, 6.45) is 7.76. The largest absolute Gasteiger partial charge is 0.472 e. The summed E-state index contributed by atoms with van der Waals surface area (Å²) in [7, 11) is 0. The second kappa shape index (κ2) is 6.00. The first-order valence-corrected chi connectivity index (χ1v) is 6.42. The molecule has 0 saturated carbocycles. The Kier molecular flexibility index (Phi) is 3.73. The molecule has 21 heavy (non-hydrogen) atoms. The maximum Gasteiger partial charge on any atom is 0.244 e. The van der Waals surface area contributed by atoms with Gasteiger partial charge in [0.05, 0.1) is 24.6 Å². The van der Waals surface area contributed by atoms with E-state index >= 15 is 0 Å². The van der Waals surface area contributed by atoms with Crippen molar-refractivity contribution in [1.29, 1.82) is 0 Å². The SMILES string of the molecule is O=C(/C=C/c1ccco1)NCc1ccc(-c2ccoc2)o1. The molecule has 0 aliphatic heterocycles.